The highest BCUT2D eigenvalue weighted by atomic mass is 32.2. The molecule has 0 saturated carbocycles. The van der Waals surface area contributed by atoms with Gasteiger partial charge in [0.15, 0.2) is 5.16 Å². The molecule has 0 aliphatic rings. The molecule has 0 saturated heterocycles. The van der Waals surface area contributed by atoms with E-state index in [-0.39, 0.29) is 0 Å². The number of benzene rings is 1. The first-order chi connectivity index (χ1) is 9.69. The van der Waals surface area contributed by atoms with E-state index >= 15 is 0 Å². The van der Waals surface area contributed by atoms with E-state index in [2.05, 4.69) is 40.4 Å². The van der Waals surface area contributed by atoms with E-state index in [0.29, 0.717) is 16.6 Å². The van der Waals surface area contributed by atoms with E-state index in [1.165, 1.54) is 18.1 Å². The Morgan fingerprint density at radius 3 is 2.95 bits per heavy atom. The Balaban J connectivity index is 2.06. The van der Waals surface area contributed by atoms with Crippen LogP contribution in [0.25, 0.3) is 0 Å². The van der Waals surface area contributed by atoms with E-state index in [0.717, 1.165) is 23.5 Å². The number of H-pyrrole nitrogens is 1. The quantitative estimate of drug-likeness (QED) is 0.854. The summed E-state index contributed by atoms with van der Waals surface area (Å²) in [6.45, 7) is 6.09. The Bertz CT molecular complexity index is 586. The van der Waals surface area contributed by atoms with Gasteiger partial charge in [-0.2, -0.15) is 10.4 Å². The highest BCUT2D eigenvalue weighted by Gasteiger charge is 2.07. The summed E-state index contributed by atoms with van der Waals surface area (Å²) >= 11 is 1.41. The maximum absolute atomic E-state index is 9.26. The van der Waals surface area contributed by atoms with Crippen LogP contribution >= 0.6 is 11.8 Å². The summed E-state index contributed by atoms with van der Waals surface area (Å²) < 4.78 is 0. The molecule has 1 aromatic carbocycles. The monoisotopic (exact) mass is 287 g/mol. The molecule has 1 aromatic heterocycles. The normalized spacial score (nSPS) is 10.7. The molecule has 104 valence electrons. The first-order valence-electron chi connectivity index (χ1n) is 6.46. The highest BCUT2D eigenvalue weighted by molar-refractivity contribution is 7.99. The van der Waals surface area contributed by atoms with Gasteiger partial charge in [-0.1, -0.05) is 19.9 Å². The van der Waals surface area contributed by atoms with Crippen molar-refractivity contribution in [2.45, 2.75) is 30.4 Å². The van der Waals surface area contributed by atoms with Crippen LogP contribution in [0.2, 0.25) is 0 Å². The standard InChI is InChI=1S/C14H17N5S/c1-10(2)7-16-8-11-3-4-13(12(5-11)6-15)20-14-17-9-18-19-14/h3-5,9-10,16H,7-8H2,1-2H3,(H,17,18,19). The minimum atomic E-state index is 0.617. The molecule has 6 heteroatoms. The summed E-state index contributed by atoms with van der Waals surface area (Å²) in [6, 6.07) is 8.15. The number of nitrogens with one attached hydrogen (secondary N) is 2. The predicted molar refractivity (Wildman–Crippen MR) is 78.2 cm³/mol. The lowest BCUT2D eigenvalue weighted by Crippen LogP contribution is -2.18. The van der Waals surface area contributed by atoms with Gasteiger partial charge in [-0.25, -0.2) is 4.98 Å². The fourth-order valence-corrected chi connectivity index (χ4v) is 2.47. The van der Waals surface area contributed by atoms with E-state index in [4.69, 9.17) is 0 Å². The summed E-state index contributed by atoms with van der Waals surface area (Å²) in [5.74, 6) is 0.617. The first-order valence-corrected chi connectivity index (χ1v) is 7.27. The van der Waals surface area contributed by atoms with Gasteiger partial charge in [0, 0.05) is 11.4 Å². The summed E-state index contributed by atoms with van der Waals surface area (Å²) in [5, 5.41) is 19.9. The van der Waals surface area contributed by atoms with Gasteiger partial charge in [0.2, 0.25) is 0 Å². The molecule has 2 N–H and O–H groups in total. The summed E-state index contributed by atoms with van der Waals surface area (Å²) in [5.41, 5.74) is 1.78. The molecule has 1 heterocycles. The Hall–Kier alpha value is -1.84. The lowest BCUT2D eigenvalue weighted by molar-refractivity contribution is 0.552. The van der Waals surface area contributed by atoms with Gasteiger partial charge in [-0.15, -0.1) is 0 Å². The molecule has 0 bridgehead atoms. The molecule has 2 rings (SSSR count). The van der Waals surface area contributed by atoms with E-state index in [1.54, 1.807) is 0 Å². The Labute approximate surface area is 122 Å². The molecule has 0 amide bonds. The highest BCUT2D eigenvalue weighted by Crippen LogP contribution is 2.27. The third-order valence-corrected chi connectivity index (χ3v) is 3.61. The minimum Gasteiger partial charge on any atom is -0.312 e. The van der Waals surface area contributed by atoms with Gasteiger partial charge in [0.25, 0.3) is 0 Å². The molecule has 0 spiro atoms. The van der Waals surface area contributed by atoms with Crippen molar-refractivity contribution in [3.63, 3.8) is 0 Å². The first kappa shape index (κ1) is 14.6. The summed E-state index contributed by atoms with van der Waals surface area (Å²) in [4.78, 5) is 4.94. The van der Waals surface area contributed by atoms with Crippen molar-refractivity contribution in [1.82, 2.24) is 20.5 Å². The molecule has 5 nitrogen and oxygen atoms in total. The van der Waals surface area contributed by atoms with Gasteiger partial charge in [-0.3, -0.25) is 5.10 Å². The van der Waals surface area contributed by atoms with E-state index in [9.17, 15) is 5.26 Å². The molecule has 0 aliphatic carbocycles. The van der Waals surface area contributed by atoms with Crippen molar-refractivity contribution in [2.24, 2.45) is 5.92 Å². The number of rotatable bonds is 6. The Morgan fingerprint density at radius 1 is 1.45 bits per heavy atom. The third kappa shape index (κ3) is 4.08. The van der Waals surface area contributed by atoms with Gasteiger partial charge >= 0.3 is 0 Å². The van der Waals surface area contributed by atoms with Crippen molar-refractivity contribution in [3.8, 4) is 6.07 Å². The van der Waals surface area contributed by atoms with Crippen LogP contribution in [0.5, 0.6) is 0 Å². The Kier molecular flexibility index (Phi) is 5.16. The Morgan fingerprint density at radius 2 is 2.30 bits per heavy atom. The van der Waals surface area contributed by atoms with Crippen LogP contribution in [0.4, 0.5) is 0 Å². The minimum absolute atomic E-state index is 0.617. The molecule has 20 heavy (non-hydrogen) atoms. The summed E-state index contributed by atoms with van der Waals surface area (Å²) in [6.07, 6.45) is 1.46. The predicted octanol–water partition coefficient (Wildman–Crippen LogP) is 2.57. The van der Waals surface area contributed by atoms with Gasteiger partial charge < -0.3 is 5.32 Å². The number of nitriles is 1. The average Bonchev–Trinajstić information content (AvgIpc) is 2.93. The lowest BCUT2D eigenvalue weighted by atomic mass is 10.1. The van der Waals surface area contributed by atoms with Gasteiger partial charge in [0.05, 0.1) is 5.56 Å². The van der Waals surface area contributed by atoms with Crippen LogP contribution < -0.4 is 5.32 Å². The molecule has 0 aliphatic heterocycles. The zero-order valence-corrected chi connectivity index (χ0v) is 12.4. The van der Waals surface area contributed by atoms with Gasteiger partial charge in [-0.05, 0) is 41.9 Å². The number of hydrogen-bond acceptors (Lipinski definition) is 5. The SMILES string of the molecule is CC(C)CNCc1ccc(Sc2ncn[nH]2)c(C#N)c1. The van der Waals surface area contributed by atoms with Crippen molar-refractivity contribution in [2.75, 3.05) is 6.54 Å². The third-order valence-electron chi connectivity index (χ3n) is 2.65. The fourth-order valence-electron chi connectivity index (χ4n) is 1.72. The van der Waals surface area contributed by atoms with E-state index < -0.39 is 0 Å². The lowest BCUT2D eigenvalue weighted by Gasteiger charge is -2.09. The second-order valence-corrected chi connectivity index (χ2v) is 5.89. The molecular weight excluding hydrogens is 270 g/mol. The second kappa shape index (κ2) is 7.08. The molecule has 0 radical (unpaired) electrons. The molecule has 2 aromatic rings. The molecule has 0 unspecified atom stereocenters. The van der Waals surface area contributed by atoms with Crippen LogP contribution in [0.3, 0.4) is 0 Å². The van der Waals surface area contributed by atoms with Crippen LogP contribution in [0, 0.1) is 17.2 Å². The smallest absolute Gasteiger partial charge is 0.188 e. The van der Waals surface area contributed by atoms with Crippen molar-refractivity contribution in [3.05, 3.63) is 35.7 Å². The van der Waals surface area contributed by atoms with Crippen LogP contribution in [0.15, 0.2) is 34.6 Å². The molecular formula is C14H17N5S. The molecule has 0 atom stereocenters. The van der Waals surface area contributed by atoms with Crippen molar-refractivity contribution in [1.29, 1.82) is 5.26 Å². The zero-order chi connectivity index (χ0) is 14.4. The largest absolute Gasteiger partial charge is 0.312 e. The van der Waals surface area contributed by atoms with Gasteiger partial charge in [0.1, 0.15) is 12.4 Å². The summed E-state index contributed by atoms with van der Waals surface area (Å²) in [7, 11) is 0. The van der Waals surface area contributed by atoms with Crippen molar-refractivity contribution < 1.29 is 0 Å². The molecule has 0 fully saturated rings. The van der Waals surface area contributed by atoms with Crippen LogP contribution in [-0.4, -0.2) is 21.7 Å². The topological polar surface area (TPSA) is 77.4 Å². The maximum Gasteiger partial charge on any atom is 0.188 e. The second-order valence-electron chi connectivity index (χ2n) is 4.86. The maximum atomic E-state index is 9.26. The fraction of sp³-hybridized carbons (Fsp3) is 0.357. The number of hydrogen-bond donors (Lipinski definition) is 2. The number of nitrogens with zero attached hydrogens (tertiary/aromatic N) is 3. The number of aromatic nitrogens is 3. The van der Waals surface area contributed by atoms with E-state index in [1.807, 2.05) is 18.2 Å². The van der Waals surface area contributed by atoms with Crippen LogP contribution in [-0.2, 0) is 6.54 Å². The van der Waals surface area contributed by atoms with Crippen molar-refractivity contribution >= 4 is 11.8 Å². The number of aromatic amines is 1. The van der Waals surface area contributed by atoms with Crippen LogP contribution in [0.1, 0.15) is 25.0 Å². The average molecular weight is 287 g/mol. The zero-order valence-electron chi connectivity index (χ0n) is 11.6.